The maximum atomic E-state index is 12.1. The van der Waals surface area contributed by atoms with Gasteiger partial charge in [0.25, 0.3) is 0 Å². The van der Waals surface area contributed by atoms with Gasteiger partial charge in [-0.2, -0.15) is 0 Å². The van der Waals surface area contributed by atoms with Crippen LogP contribution >= 0.6 is 0 Å². The van der Waals surface area contributed by atoms with Crippen LogP contribution in [-0.2, 0) is 4.79 Å². The highest BCUT2D eigenvalue weighted by Crippen LogP contribution is 2.14. The SMILES string of the molecule is C[C@@H](C(=O)NCCCCCCCC[N+]1=CC=NC1)c1ccccc1. The monoisotopic (exact) mass is 328 g/mol. The number of benzene rings is 1. The van der Waals surface area contributed by atoms with Gasteiger partial charge in [-0.05, 0) is 25.3 Å². The van der Waals surface area contributed by atoms with Crippen molar-refractivity contribution >= 4 is 18.3 Å². The molecule has 1 aliphatic heterocycles. The second kappa shape index (κ2) is 10.7. The molecule has 0 bridgehead atoms. The van der Waals surface area contributed by atoms with Crippen LogP contribution in [0, 0.1) is 0 Å². The molecule has 130 valence electrons. The average Bonchev–Trinajstić information content (AvgIpc) is 3.13. The number of hydrogen-bond donors (Lipinski definition) is 1. The second-order valence-corrected chi connectivity index (χ2v) is 6.48. The number of nitrogens with zero attached hydrogens (tertiary/aromatic N) is 2. The maximum absolute atomic E-state index is 12.1. The van der Waals surface area contributed by atoms with Gasteiger partial charge >= 0.3 is 0 Å². The Labute approximate surface area is 145 Å². The molecule has 0 aliphatic carbocycles. The number of nitrogens with one attached hydrogen (secondary N) is 1. The van der Waals surface area contributed by atoms with Crippen LogP contribution in [0.15, 0.2) is 35.3 Å². The lowest BCUT2D eigenvalue weighted by Gasteiger charge is -2.12. The summed E-state index contributed by atoms with van der Waals surface area (Å²) in [5.41, 5.74) is 1.08. The molecule has 0 saturated heterocycles. The van der Waals surface area contributed by atoms with Crippen molar-refractivity contribution in [3.8, 4) is 0 Å². The molecule has 0 saturated carbocycles. The summed E-state index contributed by atoms with van der Waals surface area (Å²) in [6.07, 6.45) is 11.3. The van der Waals surface area contributed by atoms with E-state index in [1.165, 1.54) is 32.1 Å². The highest BCUT2D eigenvalue weighted by molar-refractivity contribution is 6.14. The number of amides is 1. The predicted molar refractivity (Wildman–Crippen MR) is 100 cm³/mol. The molecule has 0 radical (unpaired) electrons. The zero-order valence-corrected chi connectivity index (χ0v) is 14.8. The first-order chi connectivity index (χ1) is 11.8. The van der Waals surface area contributed by atoms with E-state index in [0.717, 1.165) is 31.7 Å². The molecule has 1 aromatic carbocycles. The first kappa shape index (κ1) is 18.4. The molecule has 0 aromatic heterocycles. The first-order valence-corrected chi connectivity index (χ1v) is 9.17. The minimum absolute atomic E-state index is 0.0717. The van der Waals surface area contributed by atoms with E-state index in [1.807, 2.05) is 43.5 Å². The Hall–Kier alpha value is -1.97. The summed E-state index contributed by atoms with van der Waals surface area (Å²) in [4.78, 5) is 16.3. The van der Waals surface area contributed by atoms with E-state index >= 15 is 0 Å². The summed E-state index contributed by atoms with van der Waals surface area (Å²) in [5, 5.41) is 3.06. The smallest absolute Gasteiger partial charge is 0.235 e. The van der Waals surface area contributed by atoms with Crippen LogP contribution in [0.1, 0.15) is 56.9 Å². The highest BCUT2D eigenvalue weighted by Gasteiger charge is 2.13. The van der Waals surface area contributed by atoms with Crippen LogP contribution in [0.25, 0.3) is 0 Å². The van der Waals surface area contributed by atoms with Gasteiger partial charge in [0.05, 0.1) is 12.1 Å². The Bertz CT molecular complexity index is 551. The zero-order chi connectivity index (χ0) is 17.0. The zero-order valence-electron chi connectivity index (χ0n) is 14.8. The van der Waals surface area contributed by atoms with Gasteiger partial charge in [-0.15, -0.1) is 0 Å². The van der Waals surface area contributed by atoms with Crippen LogP contribution in [-0.4, -0.2) is 42.7 Å². The Morgan fingerprint density at radius 1 is 1.12 bits per heavy atom. The third-order valence-electron chi connectivity index (χ3n) is 4.51. The lowest BCUT2D eigenvalue weighted by Crippen LogP contribution is -2.28. The quantitative estimate of drug-likeness (QED) is 0.491. The lowest BCUT2D eigenvalue weighted by atomic mass is 10.0. The molecule has 2 rings (SSSR count). The van der Waals surface area contributed by atoms with Crippen LogP contribution < -0.4 is 5.32 Å². The molecule has 24 heavy (non-hydrogen) atoms. The summed E-state index contributed by atoms with van der Waals surface area (Å²) in [6, 6.07) is 9.96. The molecule has 1 heterocycles. The molecule has 4 nitrogen and oxygen atoms in total. The molecule has 0 spiro atoms. The largest absolute Gasteiger partial charge is 0.356 e. The van der Waals surface area contributed by atoms with Gasteiger partial charge in [0.2, 0.25) is 12.6 Å². The van der Waals surface area contributed by atoms with E-state index in [4.69, 9.17) is 0 Å². The number of aliphatic imine (C=N–C) groups is 1. The second-order valence-electron chi connectivity index (χ2n) is 6.48. The Balaban J connectivity index is 1.44. The predicted octanol–water partition coefficient (Wildman–Crippen LogP) is 3.37. The molecular formula is C20H30N3O+. The summed E-state index contributed by atoms with van der Waals surface area (Å²) < 4.78 is 2.25. The standard InChI is InChI=1S/C20H29N3O/c1-18(19-11-7-6-8-12-19)20(24)22-13-9-4-2-3-5-10-15-23-16-14-21-17-23/h6-8,11-12,14,16,18H,2-5,9-10,13,15,17H2,1H3/p+1/t18-/m1/s1. The van der Waals surface area contributed by atoms with Gasteiger partial charge in [-0.3, -0.25) is 4.79 Å². The molecule has 1 aromatic rings. The molecule has 0 unspecified atom stereocenters. The van der Waals surface area contributed by atoms with Gasteiger partial charge in [0.1, 0.15) is 6.54 Å². The van der Waals surface area contributed by atoms with E-state index in [-0.39, 0.29) is 11.8 Å². The third-order valence-corrected chi connectivity index (χ3v) is 4.51. The number of carbonyl (C=O) groups is 1. The molecule has 4 heteroatoms. The van der Waals surface area contributed by atoms with Gasteiger partial charge in [0, 0.05) is 13.0 Å². The van der Waals surface area contributed by atoms with Crippen LogP contribution in [0.3, 0.4) is 0 Å². The molecule has 1 atom stereocenters. The fraction of sp³-hybridized carbons (Fsp3) is 0.550. The van der Waals surface area contributed by atoms with Crippen molar-refractivity contribution in [3.63, 3.8) is 0 Å². The van der Waals surface area contributed by atoms with E-state index in [1.54, 1.807) is 0 Å². The first-order valence-electron chi connectivity index (χ1n) is 9.17. The molecule has 1 N–H and O–H groups in total. The summed E-state index contributed by atoms with van der Waals surface area (Å²) >= 11 is 0. The van der Waals surface area contributed by atoms with Crippen LogP contribution in [0.4, 0.5) is 0 Å². The topological polar surface area (TPSA) is 44.5 Å². The molecule has 1 amide bonds. The van der Waals surface area contributed by atoms with E-state index in [9.17, 15) is 4.79 Å². The summed E-state index contributed by atoms with van der Waals surface area (Å²) in [6.45, 7) is 4.71. The minimum atomic E-state index is -0.0717. The molecular weight excluding hydrogens is 298 g/mol. The average molecular weight is 328 g/mol. The van der Waals surface area contributed by atoms with Gasteiger partial charge in [0.15, 0.2) is 6.21 Å². The van der Waals surface area contributed by atoms with Crippen molar-refractivity contribution < 1.29 is 9.37 Å². The van der Waals surface area contributed by atoms with E-state index in [0.29, 0.717) is 0 Å². The highest BCUT2D eigenvalue weighted by atomic mass is 16.1. The Kier molecular flexibility index (Phi) is 8.22. The van der Waals surface area contributed by atoms with Crippen molar-refractivity contribution in [2.45, 2.75) is 51.4 Å². The fourth-order valence-electron chi connectivity index (χ4n) is 2.89. The van der Waals surface area contributed by atoms with Crippen LogP contribution in [0.2, 0.25) is 0 Å². The molecule has 0 fully saturated rings. The number of rotatable bonds is 11. The third kappa shape index (κ3) is 6.65. The Morgan fingerprint density at radius 3 is 2.54 bits per heavy atom. The number of hydrogen-bond acceptors (Lipinski definition) is 2. The van der Waals surface area contributed by atoms with Gasteiger partial charge < -0.3 is 5.32 Å². The normalized spacial score (nSPS) is 14.5. The lowest BCUT2D eigenvalue weighted by molar-refractivity contribution is -0.517. The number of carbonyl (C=O) groups excluding carboxylic acids is 1. The van der Waals surface area contributed by atoms with E-state index in [2.05, 4.69) is 21.1 Å². The summed E-state index contributed by atoms with van der Waals surface area (Å²) in [7, 11) is 0. The Morgan fingerprint density at radius 2 is 1.83 bits per heavy atom. The van der Waals surface area contributed by atoms with Crippen molar-refractivity contribution in [3.05, 3.63) is 35.9 Å². The van der Waals surface area contributed by atoms with Crippen molar-refractivity contribution in [2.75, 3.05) is 19.8 Å². The van der Waals surface area contributed by atoms with Crippen molar-refractivity contribution in [1.82, 2.24) is 5.32 Å². The van der Waals surface area contributed by atoms with Crippen LogP contribution in [0.5, 0.6) is 0 Å². The van der Waals surface area contributed by atoms with Crippen molar-refractivity contribution in [1.29, 1.82) is 0 Å². The maximum Gasteiger partial charge on any atom is 0.235 e. The van der Waals surface area contributed by atoms with E-state index < -0.39 is 0 Å². The summed E-state index contributed by atoms with van der Waals surface area (Å²) in [5.74, 6) is 0.0582. The van der Waals surface area contributed by atoms with Gasteiger partial charge in [-0.1, -0.05) is 49.6 Å². The fourth-order valence-corrected chi connectivity index (χ4v) is 2.89. The minimum Gasteiger partial charge on any atom is -0.356 e. The number of unbranched alkanes of at least 4 members (excludes halogenated alkanes) is 5. The van der Waals surface area contributed by atoms with Crippen molar-refractivity contribution in [2.24, 2.45) is 4.99 Å². The van der Waals surface area contributed by atoms with Gasteiger partial charge in [-0.25, -0.2) is 9.57 Å². The molecule has 1 aliphatic rings.